The van der Waals surface area contributed by atoms with Gasteiger partial charge in [0.25, 0.3) is 0 Å². The maximum atomic E-state index is 12.2. The lowest BCUT2D eigenvalue weighted by atomic mass is 10.2. The molecule has 2 heterocycles. The van der Waals surface area contributed by atoms with Gasteiger partial charge in [0.05, 0.1) is 29.9 Å². The first-order chi connectivity index (χ1) is 12.6. The molecule has 0 fully saturated rings. The van der Waals surface area contributed by atoms with Crippen LogP contribution in [0.3, 0.4) is 0 Å². The van der Waals surface area contributed by atoms with E-state index >= 15 is 0 Å². The van der Waals surface area contributed by atoms with Crippen LogP contribution in [0, 0.1) is 0 Å². The number of anilines is 2. The van der Waals surface area contributed by atoms with Crippen molar-refractivity contribution in [2.75, 3.05) is 10.0 Å². The number of nitrogens with one attached hydrogen (secondary N) is 2. The SMILES string of the molecule is CCn1nccc1CNc1ccc(NS(=O)(=O)Cc2ccccc2)cn1. The molecule has 0 atom stereocenters. The molecule has 8 heteroatoms. The van der Waals surface area contributed by atoms with Gasteiger partial charge in [0, 0.05) is 12.7 Å². The summed E-state index contributed by atoms with van der Waals surface area (Å²) in [6.07, 6.45) is 3.26. The smallest absolute Gasteiger partial charge is 0.236 e. The van der Waals surface area contributed by atoms with Gasteiger partial charge in [-0.15, -0.1) is 0 Å². The Morgan fingerprint density at radius 3 is 2.58 bits per heavy atom. The predicted molar refractivity (Wildman–Crippen MR) is 102 cm³/mol. The molecule has 3 rings (SSSR count). The molecule has 0 radical (unpaired) electrons. The average molecular weight is 371 g/mol. The Morgan fingerprint density at radius 1 is 1.08 bits per heavy atom. The molecule has 0 saturated heterocycles. The van der Waals surface area contributed by atoms with Crippen molar-refractivity contribution < 1.29 is 8.42 Å². The van der Waals surface area contributed by atoms with Crippen LogP contribution in [0.15, 0.2) is 60.9 Å². The zero-order chi connectivity index (χ0) is 18.4. The Kier molecular flexibility index (Phi) is 5.52. The molecule has 2 N–H and O–H groups in total. The molecule has 26 heavy (non-hydrogen) atoms. The fourth-order valence-corrected chi connectivity index (χ4v) is 3.73. The number of benzene rings is 1. The maximum Gasteiger partial charge on any atom is 0.236 e. The first-order valence-corrected chi connectivity index (χ1v) is 9.96. The molecule has 0 bridgehead atoms. The van der Waals surface area contributed by atoms with E-state index in [0.717, 1.165) is 17.8 Å². The van der Waals surface area contributed by atoms with Crippen molar-refractivity contribution in [3.8, 4) is 0 Å². The van der Waals surface area contributed by atoms with Gasteiger partial charge in [-0.2, -0.15) is 5.10 Å². The molecule has 1 aromatic carbocycles. The Morgan fingerprint density at radius 2 is 1.88 bits per heavy atom. The third kappa shape index (κ3) is 4.82. The average Bonchev–Trinajstić information content (AvgIpc) is 3.09. The van der Waals surface area contributed by atoms with Gasteiger partial charge < -0.3 is 5.32 Å². The zero-order valence-electron chi connectivity index (χ0n) is 14.5. The van der Waals surface area contributed by atoms with Crippen LogP contribution in [0.25, 0.3) is 0 Å². The van der Waals surface area contributed by atoms with Gasteiger partial charge in [-0.1, -0.05) is 30.3 Å². The Labute approximate surface area is 153 Å². The van der Waals surface area contributed by atoms with Crippen LogP contribution in [-0.2, 0) is 28.9 Å². The lowest BCUT2D eigenvalue weighted by molar-refractivity contribution is 0.600. The van der Waals surface area contributed by atoms with Crippen molar-refractivity contribution in [3.05, 3.63) is 72.2 Å². The summed E-state index contributed by atoms with van der Waals surface area (Å²) >= 11 is 0. The van der Waals surface area contributed by atoms with Crippen molar-refractivity contribution >= 4 is 21.5 Å². The highest BCUT2D eigenvalue weighted by atomic mass is 32.2. The van der Waals surface area contributed by atoms with Crippen molar-refractivity contribution in [3.63, 3.8) is 0 Å². The van der Waals surface area contributed by atoms with Crippen LogP contribution >= 0.6 is 0 Å². The molecule has 0 aliphatic carbocycles. The third-order valence-corrected chi connectivity index (χ3v) is 5.05. The van der Waals surface area contributed by atoms with E-state index in [1.54, 1.807) is 30.5 Å². The van der Waals surface area contributed by atoms with Gasteiger partial charge in [-0.05, 0) is 30.7 Å². The number of hydrogen-bond acceptors (Lipinski definition) is 5. The molecule has 136 valence electrons. The molecule has 0 amide bonds. The second-order valence-corrected chi connectivity index (χ2v) is 7.49. The summed E-state index contributed by atoms with van der Waals surface area (Å²) in [6, 6.07) is 14.4. The molecule has 3 aromatic rings. The van der Waals surface area contributed by atoms with Gasteiger partial charge in [0.15, 0.2) is 0 Å². The van der Waals surface area contributed by atoms with Crippen molar-refractivity contribution in [2.24, 2.45) is 0 Å². The molecule has 7 nitrogen and oxygen atoms in total. The van der Waals surface area contributed by atoms with E-state index in [1.807, 2.05) is 35.9 Å². The number of aryl methyl sites for hydroxylation is 1. The van der Waals surface area contributed by atoms with Gasteiger partial charge in [-0.25, -0.2) is 13.4 Å². The number of aromatic nitrogens is 3. The number of pyridine rings is 1. The van der Waals surface area contributed by atoms with Crippen LogP contribution in [-0.4, -0.2) is 23.2 Å². The fraction of sp³-hybridized carbons (Fsp3) is 0.222. The van der Waals surface area contributed by atoms with E-state index in [2.05, 4.69) is 20.1 Å². The summed E-state index contributed by atoms with van der Waals surface area (Å²) in [5.74, 6) is 0.592. The van der Waals surface area contributed by atoms with Crippen molar-refractivity contribution in [1.29, 1.82) is 0 Å². The second kappa shape index (κ2) is 8.01. The van der Waals surface area contributed by atoms with Crippen LogP contribution in [0.4, 0.5) is 11.5 Å². The van der Waals surface area contributed by atoms with E-state index < -0.39 is 10.0 Å². The summed E-state index contributed by atoms with van der Waals surface area (Å²) in [7, 11) is -3.48. The van der Waals surface area contributed by atoms with Crippen LogP contribution in [0.5, 0.6) is 0 Å². The molecule has 0 saturated carbocycles. The van der Waals surface area contributed by atoms with Crippen LogP contribution in [0.2, 0.25) is 0 Å². The summed E-state index contributed by atoms with van der Waals surface area (Å²) in [5, 5.41) is 7.42. The highest BCUT2D eigenvalue weighted by Crippen LogP contribution is 2.14. The monoisotopic (exact) mass is 371 g/mol. The van der Waals surface area contributed by atoms with Crippen molar-refractivity contribution in [2.45, 2.75) is 25.8 Å². The minimum atomic E-state index is -3.48. The molecule has 0 spiro atoms. The highest BCUT2D eigenvalue weighted by molar-refractivity contribution is 7.91. The van der Waals surface area contributed by atoms with Crippen LogP contribution < -0.4 is 10.0 Å². The topological polar surface area (TPSA) is 88.9 Å². The summed E-state index contributed by atoms with van der Waals surface area (Å²) in [6.45, 7) is 3.44. The van der Waals surface area contributed by atoms with Crippen LogP contribution in [0.1, 0.15) is 18.2 Å². The van der Waals surface area contributed by atoms with E-state index in [0.29, 0.717) is 18.1 Å². The lowest BCUT2D eigenvalue weighted by Crippen LogP contribution is -2.15. The molecule has 2 aromatic heterocycles. The minimum Gasteiger partial charge on any atom is -0.364 e. The largest absolute Gasteiger partial charge is 0.364 e. The van der Waals surface area contributed by atoms with Crippen molar-refractivity contribution in [1.82, 2.24) is 14.8 Å². The van der Waals surface area contributed by atoms with Gasteiger partial charge in [0.2, 0.25) is 10.0 Å². The first kappa shape index (κ1) is 17.9. The molecule has 0 unspecified atom stereocenters. The van der Waals surface area contributed by atoms with E-state index in [1.165, 1.54) is 6.20 Å². The standard InChI is InChI=1S/C18H21N5O2S/c1-2-23-17(10-11-21-23)13-20-18-9-8-16(12-19-18)22-26(24,25)14-15-6-4-3-5-7-15/h3-12,22H,2,13-14H2,1H3,(H,19,20). The van der Waals surface area contributed by atoms with E-state index in [4.69, 9.17) is 0 Å². The molecule has 0 aliphatic heterocycles. The van der Waals surface area contributed by atoms with E-state index in [-0.39, 0.29) is 5.75 Å². The fourth-order valence-electron chi connectivity index (χ4n) is 2.54. The predicted octanol–water partition coefficient (Wildman–Crippen LogP) is 2.85. The molecular weight excluding hydrogens is 350 g/mol. The normalized spacial score (nSPS) is 11.3. The van der Waals surface area contributed by atoms with Gasteiger partial charge in [0.1, 0.15) is 5.82 Å². The zero-order valence-corrected chi connectivity index (χ0v) is 15.3. The van der Waals surface area contributed by atoms with Gasteiger partial charge in [-0.3, -0.25) is 9.40 Å². The summed E-state index contributed by atoms with van der Waals surface area (Å²) in [4.78, 5) is 4.26. The Hall–Kier alpha value is -2.87. The number of rotatable bonds is 8. The Bertz CT molecular complexity index is 937. The summed E-state index contributed by atoms with van der Waals surface area (Å²) in [5.41, 5.74) is 2.23. The number of nitrogens with zero attached hydrogens (tertiary/aromatic N) is 3. The maximum absolute atomic E-state index is 12.2. The minimum absolute atomic E-state index is 0.0746. The Balaban J connectivity index is 1.59. The lowest BCUT2D eigenvalue weighted by Gasteiger charge is -2.10. The highest BCUT2D eigenvalue weighted by Gasteiger charge is 2.12. The third-order valence-electron chi connectivity index (χ3n) is 3.79. The molecule has 0 aliphatic rings. The number of hydrogen-bond donors (Lipinski definition) is 2. The first-order valence-electron chi connectivity index (χ1n) is 8.31. The van der Waals surface area contributed by atoms with Gasteiger partial charge >= 0.3 is 0 Å². The van der Waals surface area contributed by atoms with E-state index in [9.17, 15) is 8.42 Å². The number of sulfonamides is 1. The quantitative estimate of drug-likeness (QED) is 0.636. The molecular formula is C18H21N5O2S. The summed E-state index contributed by atoms with van der Waals surface area (Å²) < 4.78 is 28.9. The second-order valence-electron chi connectivity index (χ2n) is 5.77.